The van der Waals surface area contributed by atoms with Crippen LogP contribution in [0.15, 0.2) is 65.3 Å². The van der Waals surface area contributed by atoms with Gasteiger partial charge in [-0.05, 0) is 46.8 Å². The zero-order valence-electron chi connectivity index (χ0n) is 13.6. The number of pyridine rings is 1. The molecule has 7 heteroatoms. The summed E-state index contributed by atoms with van der Waals surface area (Å²) in [5, 5.41) is 14.9. The molecule has 0 atom stereocenters. The molecular weight excluding hydrogens is 316 g/mol. The molecule has 0 aliphatic heterocycles. The van der Waals surface area contributed by atoms with E-state index in [1.165, 1.54) is 0 Å². The van der Waals surface area contributed by atoms with Gasteiger partial charge in [-0.25, -0.2) is 4.68 Å². The topological polar surface area (TPSA) is 81.7 Å². The minimum absolute atomic E-state index is 0.584. The normalized spacial score (nSPS) is 10.8. The number of hydrogen-bond acceptors (Lipinski definition) is 6. The van der Waals surface area contributed by atoms with Crippen molar-refractivity contribution in [1.29, 1.82) is 0 Å². The Morgan fingerprint density at radius 3 is 2.80 bits per heavy atom. The van der Waals surface area contributed by atoms with Crippen LogP contribution >= 0.6 is 0 Å². The van der Waals surface area contributed by atoms with Crippen molar-refractivity contribution in [2.75, 3.05) is 5.32 Å². The maximum atomic E-state index is 5.87. The number of aromatic nitrogens is 5. The predicted molar refractivity (Wildman–Crippen MR) is 93.5 cm³/mol. The van der Waals surface area contributed by atoms with E-state index in [-0.39, 0.29) is 0 Å². The highest BCUT2D eigenvalue weighted by molar-refractivity contribution is 5.62. The van der Waals surface area contributed by atoms with E-state index < -0.39 is 0 Å². The van der Waals surface area contributed by atoms with Crippen molar-refractivity contribution >= 4 is 5.69 Å². The third-order valence-electron chi connectivity index (χ3n) is 3.82. The Labute approximate surface area is 144 Å². The summed E-state index contributed by atoms with van der Waals surface area (Å²) < 4.78 is 7.52. The van der Waals surface area contributed by atoms with Crippen LogP contribution in [0.25, 0.3) is 22.7 Å². The maximum Gasteiger partial charge on any atom is 0.181 e. The lowest BCUT2D eigenvalue weighted by molar-refractivity contribution is 0.531. The monoisotopic (exact) mass is 332 g/mol. The molecular formula is C18H16N6O. The maximum absolute atomic E-state index is 5.87. The number of aryl methyl sites for hydroxylation is 1. The molecule has 1 N–H and O–H groups in total. The minimum Gasteiger partial charge on any atom is -0.459 e. The molecule has 0 saturated heterocycles. The summed E-state index contributed by atoms with van der Waals surface area (Å²) >= 11 is 0. The SMILES string of the molecule is Cn1nnnc1-c1cccc(NCc2ccc(-c3cccnc3)o2)c1. The van der Waals surface area contributed by atoms with Gasteiger partial charge in [0.25, 0.3) is 0 Å². The Morgan fingerprint density at radius 2 is 2.00 bits per heavy atom. The van der Waals surface area contributed by atoms with Gasteiger partial charge in [-0.1, -0.05) is 12.1 Å². The summed E-state index contributed by atoms with van der Waals surface area (Å²) in [6, 6.07) is 15.7. The van der Waals surface area contributed by atoms with Crippen LogP contribution in [0.4, 0.5) is 5.69 Å². The second-order valence-corrected chi connectivity index (χ2v) is 5.57. The van der Waals surface area contributed by atoms with Gasteiger partial charge < -0.3 is 9.73 Å². The number of nitrogens with zero attached hydrogens (tertiary/aromatic N) is 5. The summed E-state index contributed by atoms with van der Waals surface area (Å²) in [6.07, 6.45) is 3.53. The lowest BCUT2D eigenvalue weighted by atomic mass is 10.2. The van der Waals surface area contributed by atoms with Gasteiger partial charge in [0.05, 0.1) is 6.54 Å². The quantitative estimate of drug-likeness (QED) is 0.604. The van der Waals surface area contributed by atoms with Crippen molar-refractivity contribution in [3.05, 3.63) is 66.7 Å². The number of tetrazole rings is 1. The first-order valence-corrected chi connectivity index (χ1v) is 7.85. The zero-order chi connectivity index (χ0) is 17.1. The molecule has 1 aromatic carbocycles. The van der Waals surface area contributed by atoms with E-state index in [0.29, 0.717) is 6.54 Å². The second kappa shape index (κ2) is 6.56. The van der Waals surface area contributed by atoms with E-state index in [1.807, 2.05) is 55.6 Å². The van der Waals surface area contributed by atoms with Crippen LogP contribution in [0.1, 0.15) is 5.76 Å². The fourth-order valence-electron chi connectivity index (χ4n) is 2.57. The highest BCUT2D eigenvalue weighted by Gasteiger charge is 2.07. The van der Waals surface area contributed by atoms with Crippen LogP contribution in [0.5, 0.6) is 0 Å². The average Bonchev–Trinajstić information content (AvgIpc) is 3.30. The zero-order valence-corrected chi connectivity index (χ0v) is 13.6. The van der Waals surface area contributed by atoms with Crippen LogP contribution in [0.3, 0.4) is 0 Å². The van der Waals surface area contributed by atoms with Crippen LogP contribution < -0.4 is 5.32 Å². The van der Waals surface area contributed by atoms with E-state index >= 15 is 0 Å². The molecule has 0 bridgehead atoms. The van der Waals surface area contributed by atoms with Crippen LogP contribution in [0, 0.1) is 0 Å². The second-order valence-electron chi connectivity index (χ2n) is 5.57. The molecule has 25 heavy (non-hydrogen) atoms. The third kappa shape index (κ3) is 3.25. The van der Waals surface area contributed by atoms with Crippen LogP contribution in [-0.4, -0.2) is 25.2 Å². The molecule has 0 saturated carbocycles. The van der Waals surface area contributed by atoms with Crippen molar-refractivity contribution < 1.29 is 4.42 Å². The highest BCUT2D eigenvalue weighted by atomic mass is 16.3. The first kappa shape index (κ1) is 15.1. The Bertz CT molecular complexity index is 976. The molecule has 124 valence electrons. The molecule has 0 aliphatic rings. The van der Waals surface area contributed by atoms with E-state index in [4.69, 9.17) is 4.42 Å². The van der Waals surface area contributed by atoms with Crippen molar-refractivity contribution in [2.24, 2.45) is 7.05 Å². The van der Waals surface area contributed by atoms with Gasteiger partial charge in [-0.3, -0.25) is 4.98 Å². The van der Waals surface area contributed by atoms with Gasteiger partial charge in [0.15, 0.2) is 5.82 Å². The molecule has 4 rings (SSSR count). The highest BCUT2D eigenvalue weighted by Crippen LogP contribution is 2.23. The van der Waals surface area contributed by atoms with E-state index in [1.54, 1.807) is 17.1 Å². The van der Waals surface area contributed by atoms with Crippen molar-refractivity contribution in [1.82, 2.24) is 25.2 Å². The first-order chi connectivity index (χ1) is 12.3. The van der Waals surface area contributed by atoms with Gasteiger partial charge in [-0.15, -0.1) is 5.10 Å². The number of rotatable bonds is 5. The Kier molecular flexibility index (Phi) is 3.96. The van der Waals surface area contributed by atoms with E-state index in [9.17, 15) is 0 Å². The largest absolute Gasteiger partial charge is 0.459 e. The smallest absolute Gasteiger partial charge is 0.181 e. The van der Waals surface area contributed by atoms with Gasteiger partial charge in [-0.2, -0.15) is 0 Å². The number of hydrogen-bond donors (Lipinski definition) is 1. The van der Waals surface area contributed by atoms with Gasteiger partial charge >= 0.3 is 0 Å². The van der Waals surface area contributed by atoms with Crippen molar-refractivity contribution in [2.45, 2.75) is 6.54 Å². The van der Waals surface area contributed by atoms with E-state index in [0.717, 1.165) is 34.2 Å². The predicted octanol–water partition coefficient (Wildman–Crippen LogP) is 3.14. The summed E-state index contributed by atoms with van der Waals surface area (Å²) in [5.74, 6) is 2.38. The fourth-order valence-corrected chi connectivity index (χ4v) is 2.57. The molecule has 0 radical (unpaired) electrons. The number of furan rings is 1. The molecule has 7 nitrogen and oxygen atoms in total. The Balaban J connectivity index is 1.47. The van der Waals surface area contributed by atoms with E-state index in [2.05, 4.69) is 25.8 Å². The molecule has 3 heterocycles. The first-order valence-electron chi connectivity index (χ1n) is 7.85. The fraction of sp³-hybridized carbons (Fsp3) is 0.111. The minimum atomic E-state index is 0.584. The number of benzene rings is 1. The summed E-state index contributed by atoms with van der Waals surface area (Å²) in [7, 11) is 1.82. The Morgan fingerprint density at radius 1 is 1.08 bits per heavy atom. The standard InChI is InChI=1S/C18H16N6O/c1-24-18(21-22-23-24)13-4-2-6-15(10-13)20-12-16-7-8-17(25-16)14-5-3-9-19-11-14/h2-11,20H,12H2,1H3. The molecule has 0 unspecified atom stereocenters. The molecule has 0 spiro atoms. The molecule has 3 aromatic heterocycles. The van der Waals surface area contributed by atoms with Crippen LogP contribution in [-0.2, 0) is 13.6 Å². The summed E-state index contributed by atoms with van der Waals surface area (Å²) in [4.78, 5) is 4.11. The number of nitrogens with one attached hydrogen (secondary N) is 1. The summed E-state index contributed by atoms with van der Waals surface area (Å²) in [6.45, 7) is 0.584. The molecule has 0 fully saturated rings. The lowest BCUT2D eigenvalue weighted by Gasteiger charge is -2.06. The summed E-state index contributed by atoms with van der Waals surface area (Å²) in [5.41, 5.74) is 2.89. The molecule has 0 aliphatic carbocycles. The third-order valence-corrected chi connectivity index (χ3v) is 3.82. The van der Waals surface area contributed by atoms with Gasteiger partial charge in [0.1, 0.15) is 11.5 Å². The molecule has 0 amide bonds. The van der Waals surface area contributed by atoms with Crippen molar-refractivity contribution in [3.63, 3.8) is 0 Å². The van der Waals surface area contributed by atoms with Crippen molar-refractivity contribution in [3.8, 4) is 22.7 Å². The van der Waals surface area contributed by atoms with Gasteiger partial charge in [0.2, 0.25) is 0 Å². The lowest BCUT2D eigenvalue weighted by Crippen LogP contribution is -1.99. The number of anilines is 1. The average molecular weight is 332 g/mol. The van der Waals surface area contributed by atoms with Gasteiger partial charge in [0, 0.05) is 36.3 Å². The molecule has 4 aromatic rings. The Hall–Kier alpha value is -3.48. The van der Waals surface area contributed by atoms with Crippen LogP contribution in [0.2, 0.25) is 0 Å².